The zero-order valence-electron chi connectivity index (χ0n) is 13.3. The average molecular weight is 272 g/mol. The van der Waals surface area contributed by atoms with Crippen molar-refractivity contribution in [2.24, 2.45) is 23.2 Å². The third-order valence-corrected chi connectivity index (χ3v) is 3.77. The average Bonchev–Trinajstić information content (AvgIpc) is 2.28. The van der Waals surface area contributed by atoms with E-state index in [1.807, 2.05) is 27.7 Å². The Balaban J connectivity index is 5.52. The molecule has 2 atom stereocenters. The molecule has 0 rings (SSSR count). The fourth-order valence-electron chi connectivity index (χ4n) is 2.45. The van der Waals surface area contributed by atoms with E-state index in [1.165, 1.54) is 0 Å². The lowest BCUT2D eigenvalue weighted by Crippen LogP contribution is -2.48. The smallest absolute Gasteiger partial charge is 0.312 e. The van der Waals surface area contributed by atoms with Crippen molar-refractivity contribution in [3.8, 4) is 0 Å². The summed E-state index contributed by atoms with van der Waals surface area (Å²) < 4.78 is 10.3. The number of carbonyl (C=O) groups is 2. The van der Waals surface area contributed by atoms with Gasteiger partial charge < -0.3 is 9.47 Å². The summed E-state index contributed by atoms with van der Waals surface area (Å²) in [6.07, 6.45) is 0. The van der Waals surface area contributed by atoms with Crippen molar-refractivity contribution >= 4 is 11.9 Å². The molecule has 0 aromatic heterocycles. The molecule has 0 aromatic rings. The summed E-state index contributed by atoms with van der Waals surface area (Å²) >= 11 is 0. The van der Waals surface area contributed by atoms with Crippen LogP contribution in [0.5, 0.6) is 0 Å². The molecule has 0 saturated heterocycles. The highest BCUT2D eigenvalue weighted by Crippen LogP contribution is 2.41. The van der Waals surface area contributed by atoms with Gasteiger partial charge in [-0.15, -0.1) is 0 Å². The highest BCUT2D eigenvalue weighted by Gasteiger charge is 2.50. The Morgan fingerprint density at radius 1 is 1.00 bits per heavy atom. The second kappa shape index (κ2) is 7.51. The number of hydrogen-bond acceptors (Lipinski definition) is 4. The normalized spacial score (nSPS) is 16.1. The predicted molar refractivity (Wildman–Crippen MR) is 74.5 cm³/mol. The van der Waals surface area contributed by atoms with Crippen molar-refractivity contribution < 1.29 is 19.1 Å². The van der Waals surface area contributed by atoms with Crippen LogP contribution in [-0.2, 0) is 19.1 Å². The summed E-state index contributed by atoms with van der Waals surface area (Å²) in [5.74, 6) is -1.13. The molecule has 0 bridgehead atoms. The molecular weight excluding hydrogens is 244 g/mol. The van der Waals surface area contributed by atoms with E-state index >= 15 is 0 Å². The van der Waals surface area contributed by atoms with Gasteiger partial charge in [0, 0.05) is 0 Å². The van der Waals surface area contributed by atoms with Gasteiger partial charge in [-0.25, -0.2) is 0 Å². The summed E-state index contributed by atoms with van der Waals surface area (Å²) in [7, 11) is 0. The Bertz CT molecular complexity index is 309. The topological polar surface area (TPSA) is 52.6 Å². The molecule has 0 N–H and O–H groups in total. The number of esters is 2. The quantitative estimate of drug-likeness (QED) is 0.668. The molecule has 4 nitrogen and oxygen atoms in total. The van der Waals surface area contributed by atoms with Crippen LogP contribution in [0.15, 0.2) is 0 Å². The number of carbonyl (C=O) groups excluding carboxylic acids is 2. The lowest BCUT2D eigenvalue weighted by Gasteiger charge is -2.39. The molecule has 19 heavy (non-hydrogen) atoms. The van der Waals surface area contributed by atoms with Crippen LogP contribution in [0.1, 0.15) is 48.5 Å². The van der Waals surface area contributed by atoms with E-state index in [9.17, 15) is 9.59 Å². The van der Waals surface area contributed by atoms with Gasteiger partial charge in [-0.3, -0.25) is 9.59 Å². The zero-order valence-corrected chi connectivity index (χ0v) is 13.3. The highest BCUT2D eigenvalue weighted by molar-refractivity contribution is 5.85. The number of rotatable bonds is 7. The lowest BCUT2D eigenvalue weighted by molar-refractivity contribution is -0.174. The van der Waals surface area contributed by atoms with Gasteiger partial charge in [-0.2, -0.15) is 0 Å². The van der Waals surface area contributed by atoms with Gasteiger partial charge in [0.15, 0.2) is 0 Å². The minimum atomic E-state index is -0.865. The van der Waals surface area contributed by atoms with Crippen LogP contribution in [0.2, 0.25) is 0 Å². The highest BCUT2D eigenvalue weighted by atomic mass is 16.5. The van der Waals surface area contributed by atoms with E-state index in [2.05, 4.69) is 0 Å². The van der Waals surface area contributed by atoms with E-state index in [0.717, 1.165) is 0 Å². The molecule has 112 valence electrons. The molecule has 0 aliphatic heterocycles. The second-order valence-electron chi connectivity index (χ2n) is 5.63. The maximum Gasteiger partial charge on any atom is 0.312 e. The molecule has 2 unspecified atom stereocenters. The molecule has 4 heteroatoms. The lowest BCUT2D eigenvalue weighted by atomic mass is 9.65. The van der Waals surface area contributed by atoms with E-state index in [4.69, 9.17) is 9.47 Å². The van der Waals surface area contributed by atoms with Gasteiger partial charge in [0.25, 0.3) is 0 Å². The van der Waals surface area contributed by atoms with Gasteiger partial charge >= 0.3 is 11.9 Å². The molecule has 0 heterocycles. The molecule has 0 fully saturated rings. The molecular formula is C15H28O4. The third kappa shape index (κ3) is 3.95. The second-order valence-corrected chi connectivity index (χ2v) is 5.63. The van der Waals surface area contributed by atoms with Crippen molar-refractivity contribution in [2.45, 2.75) is 48.5 Å². The number of ether oxygens (including phenoxy) is 2. The van der Waals surface area contributed by atoms with E-state index in [1.54, 1.807) is 20.8 Å². The molecule has 0 aliphatic rings. The Kier molecular flexibility index (Phi) is 7.09. The fourth-order valence-corrected chi connectivity index (χ4v) is 2.45. The Labute approximate surface area is 116 Å². The van der Waals surface area contributed by atoms with Crippen molar-refractivity contribution in [3.63, 3.8) is 0 Å². The van der Waals surface area contributed by atoms with Crippen LogP contribution in [0.4, 0.5) is 0 Å². The summed E-state index contributed by atoms with van der Waals surface area (Å²) in [5.41, 5.74) is -0.865. The first kappa shape index (κ1) is 17.9. The maximum absolute atomic E-state index is 12.3. The van der Waals surface area contributed by atoms with Gasteiger partial charge in [0.05, 0.1) is 24.5 Å². The zero-order chi connectivity index (χ0) is 15.2. The van der Waals surface area contributed by atoms with Gasteiger partial charge in [-0.1, -0.05) is 27.7 Å². The van der Waals surface area contributed by atoms with Gasteiger partial charge in [0.1, 0.15) is 0 Å². The van der Waals surface area contributed by atoms with E-state index < -0.39 is 11.3 Å². The Morgan fingerprint density at radius 2 is 1.47 bits per heavy atom. The summed E-state index contributed by atoms with van der Waals surface area (Å²) in [4.78, 5) is 24.5. The Hall–Kier alpha value is -1.06. The minimum absolute atomic E-state index is 0.0101. The van der Waals surface area contributed by atoms with Crippen LogP contribution in [0.25, 0.3) is 0 Å². The van der Waals surface area contributed by atoms with Crippen molar-refractivity contribution in [2.75, 3.05) is 13.2 Å². The molecule has 0 radical (unpaired) electrons. The molecule has 0 amide bonds. The first-order chi connectivity index (χ1) is 8.73. The summed E-state index contributed by atoms with van der Waals surface area (Å²) in [6, 6.07) is 0. The molecule has 0 saturated carbocycles. The van der Waals surface area contributed by atoms with Crippen molar-refractivity contribution in [1.82, 2.24) is 0 Å². The van der Waals surface area contributed by atoms with Crippen LogP contribution in [0.3, 0.4) is 0 Å². The van der Waals surface area contributed by atoms with E-state index in [-0.39, 0.29) is 23.8 Å². The SMILES string of the molecule is CCOC(=O)C(C(C)C)C(C)(C(=O)OCC)C(C)C. The molecule has 0 aromatic carbocycles. The van der Waals surface area contributed by atoms with Gasteiger partial charge in [0.2, 0.25) is 0 Å². The van der Waals surface area contributed by atoms with Crippen molar-refractivity contribution in [1.29, 1.82) is 0 Å². The van der Waals surface area contributed by atoms with Crippen LogP contribution in [0, 0.1) is 23.2 Å². The first-order valence-electron chi connectivity index (χ1n) is 7.07. The Morgan fingerprint density at radius 3 is 1.79 bits per heavy atom. The summed E-state index contributed by atoms with van der Waals surface area (Å²) in [5, 5.41) is 0. The van der Waals surface area contributed by atoms with Crippen LogP contribution >= 0.6 is 0 Å². The third-order valence-electron chi connectivity index (χ3n) is 3.77. The molecule has 0 spiro atoms. The predicted octanol–water partition coefficient (Wildman–Crippen LogP) is 3.05. The minimum Gasteiger partial charge on any atom is -0.466 e. The monoisotopic (exact) mass is 272 g/mol. The standard InChI is InChI=1S/C15H28O4/c1-8-18-13(16)12(10(3)4)15(7,11(5)6)14(17)19-9-2/h10-12H,8-9H2,1-7H3. The van der Waals surface area contributed by atoms with Gasteiger partial charge in [-0.05, 0) is 32.6 Å². The first-order valence-corrected chi connectivity index (χ1v) is 7.07. The van der Waals surface area contributed by atoms with Crippen molar-refractivity contribution in [3.05, 3.63) is 0 Å². The molecule has 0 aliphatic carbocycles. The summed E-state index contributed by atoms with van der Waals surface area (Å²) in [6.45, 7) is 13.7. The van der Waals surface area contributed by atoms with Crippen LogP contribution < -0.4 is 0 Å². The largest absolute Gasteiger partial charge is 0.466 e. The van der Waals surface area contributed by atoms with Crippen LogP contribution in [-0.4, -0.2) is 25.2 Å². The maximum atomic E-state index is 12.3. The fraction of sp³-hybridized carbons (Fsp3) is 0.867. The number of hydrogen-bond donors (Lipinski definition) is 0. The van der Waals surface area contributed by atoms with E-state index in [0.29, 0.717) is 13.2 Å².